The first kappa shape index (κ1) is 22.3. The van der Waals surface area contributed by atoms with Crippen LogP contribution in [0.4, 0.5) is 0 Å². The second kappa shape index (κ2) is 8.89. The maximum absolute atomic E-state index is 5.12. The van der Waals surface area contributed by atoms with Crippen molar-refractivity contribution >= 4 is 73.2 Å². The molecule has 0 saturated carbocycles. The molecule has 180 valence electrons. The summed E-state index contributed by atoms with van der Waals surface area (Å²) in [6.45, 7) is 5.87. The van der Waals surface area contributed by atoms with Crippen LogP contribution in [-0.2, 0) is 0 Å². The molecule has 0 amide bonds. The molecule has 7 rings (SSSR count). The van der Waals surface area contributed by atoms with E-state index in [-0.39, 0.29) is 0 Å². The molecule has 0 aliphatic carbocycles. The Kier molecular flexibility index (Phi) is 5.22. The Labute approximate surface area is 220 Å². The lowest BCUT2D eigenvalue weighted by Gasteiger charge is -2.11. The summed E-state index contributed by atoms with van der Waals surface area (Å²) in [4.78, 5) is 13.7. The maximum Gasteiger partial charge on any atom is 0.321 e. The van der Waals surface area contributed by atoms with Crippen LogP contribution in [0.3, 0.4) is 0 Å². The lowest BCUT2D eigenvalue weighted by atomic mass is 9.90. The van der Waals surface area contributed by atoms with Crippen molar-refractivity contribution in [2.45, 2.75) is 6.92 Å². The van der Waals surface area contributed by atoms with Crippen molar-refractivity contribution in [2.75, 3.05) is 0 Å². The first-order chi connectivity index (χ1) is 18.8. The SMILES string of the molecule is C=C/C=C\C(=C/C)c1nc(Bn2c3ccccc3c3c4c(ccc32)[nH]c2ccccc24)nc2ccccc12. The summed E-state index contributed by atoms with van der Waals surface area (Å²) in [7, 11) is 0.567. The molecule has 4 aromatic carbocycles. The van der Waals surface area contributed by atoms with E-state index in [1.807, 2.05) is 25.1 Å². The number of allylic oxidation sites excluding steroid dienone is 5. The predicted octanol–water partition coefficient (Wildman–Crippen LogP) is 7.04. The van der Waals surface area contributed by atoms with Gasteiger partial charge in [0.1, 0.15) is 5.72 Å². The van der Waals surface area contributed by atoms with Crippen molar-refractivity contribution in [3.8, 4) is 0 Å². The summed E-state index contributed by atoms with van der Waals surface area (Å²) < 4.78 is 2.36. The van der Waals surface area contributed by atoms with Crippen LogP contribution in [-0.4, -0.2) is 26.8 Å². The van der Waals surface area contributed by atoms with Gasteiger partial charge in [0, 0.05) is 49.0 Å². The van der Waals surface area contributed by atoms with E-state index in [1.165, 1.54) is 32.6 Å². The number of hydrogen-bond donors (Lipinski definition) is 1. The zero-order chi connectivity index (χ0) is 25.6. The van der Waals surface area contributed by atoms with E-state index in [2.05, 4.69) is 101 Å². The van der Waals surface area contributed by atoms with Crippen molar-refractivity contribution in [2.24, 2.45) is 0 Å². The molecule has 38 heavy (non-hydrogen) atoms. The molecule has 0 radical (unpaired) electrons. The highest BCUT2D eigenvalue weighted by Gasteiger charge is 2.19. The van der Waals surface area contributed by atoms with E-state index in [9.17, 15) is 0 Å². The number of fused-ring (bicyclic) bond motifs is 8. The van der Waals surface area contributed by atoms with E-state index in [0.717, 1.165) is 38.9 Å². The molecule has 0 unspecified atom stereocenters. The molecule has 0 bridgehead atoms. The van der Waals surface area contributed by atoms with Gasteiger partial charge in [0.2, 0.25) is 0 Å². The Morgan fingerprint density at radius 2 is 1.55 bits per heavy atom. The molecule has 3 aromatic heterocycles. The van der Waals surface area contributed by atoms with Gasteiger partial charge in [-0.05, 0) is 42.8 Å². The van der Waals surface area contributed by atoms with Gasteiger partial charge < -0.3 is 9.46 Å². The minimum atomic E-state index is 0.567. The summed E-state index contributed by atoms with van der Waals surface area (Å²) >= 11 is 0. The molecule has 0 atom stereocenters. The number of nitrogens with zero attached hydrogens (tertiary/aromatic N) is 3. The van der Waals surface area contributed by atoms with Gasteiger partial charge in [-0.3, -0.25) is 0 Å². The van der Waals surface area contributed by atoms with Crippen LogP contribution in [0.2, 0.25) is 0 Å². The van der Waals surface area contributed by atoms with Gasteiger partial charge in [-0.15, -0.1) is 0 Å². The molecule has 0 aliphatic heterocycles. The molecule has 0 fully saturated rings. The van der Waals surface area contributed by atoms with Crippen molar-refractivity contribution in [1.82, 2.24) is 19.4 Å². The fraction of sp³-hybridized carbons (Fsp3) is 0.0303. The highest BCUT2D eigenvalue weighted by Crippen LogP contribution is 2.38. The summed E-state index contributed by atoms with van der Waals surface area (Å²) in [5.74, 6) is 0. The van der Waals surface area contributed by atoms with Crippen molar-refractivity contribution in [3.05, 3.63) is 122 Å². The molecular weight excluding hydrogens is 463 g/mol. The van der Waals surface area contributed by atoms with Gasteiger partial charge in [-0.25, -0.2) is 9.97 Å². The molecule has 1 N–H and O–H groups in total. The fourth-order valence-corrected chi connectivity index (χ4v) is 5.69. The van der Waals surface area contributed by atoms with Crippen LogP contribution >= 0.6 is 0 Å². The Bertz CT molecular complexity index is 2090. The number of aromatic amines is 1. The predicted molar refractivity (Wildman–Crippen MR) is 164 cm³/mol. The van der Waals surface area contributed by atoms with Crippen LogP contribution in [0.1, 0.15) is 12.6 Å². The van der Waals surface area contributed by atoms with E-state index in [0.29, 0.717) is 7.41 Å². The number of aromatic nitrogens is 4. The Morgan fingerprint density at radius 1 is 0.789 bits per heavy atom. The third-order valence-corrected chi connectivity index (χ3v) is 7.35. The number of para-hydroxylation sites is 3. The molecule has 4 nitrogen and oxygen atoms in total. The number of hydrogen-bond acceptors (Lipinski definition) is 2. The lowest BCUT2D eigenvalue weighted by molar-refractivity contribution is 1.23. The van der Waals surface area contributed by atoms with Crippen molar-refractivity contribution in [3.63, 3.8) is 0 Å². The number of benzene rings is 4. The average Bonchev–Trinajstić information content (AvgIpc) is 3.49. The van der Waals surface area contributed by atoms with E-state index >= 15 is 0 Å². The van der Waals surface area contributed by atoms with Crippen molar-refractivity contribution < 1.29 is 0 Å². The van der Waals surface area contributed by atoms with Crippen LogP contribution < -0.4 is 5.72 Å². The lowest BCUT2D eigenvalue weighted by Crippen LogP contribution is -2.29. The van der Waals surface area contributed by atoms with E-state index in [4.69, 9.17) is 9.97 Å². The second-order valence-electron chi connectivity index (χ2n) is 9.50. The highest BCUT2D eigenvalue weighted by atomic mass is 15.0. The number of H-pyrrole nitrogens is 1. The van der Waals surface area contributed by atoms with Crippen LogP contribution in [0.25, 0.3) is 60.1 Å². The minimum absolute atomic E-state index is 0.567. The monoisotopic (exact) mass is 488 g/mol. The van der Waals surface area contributed by atoms with Gasteiger partial charge in [0.05, 0.1) is 11.2 Å². The Morgan fingerprint density at radius 3 is 2.39 bits per heavy atom. The third-order valence-electron chi connectivity index (χ3n) is 7.35. The van der Waals surface area contributed by atoms with Crippen LogP contribution in [0, 0.1) is 0 Å². The highest BCUT2D eigenvalue weighted by molar-refractivity contribution is 6.53. The molecule has 5 heteroatoms. The topological polar surface area (TPSA) is 46.5 Å². The average molecular weight is 488 g/mol. The maximum atomic E-state index is 5.12. The quantitative estimate of drug-likeness (QED) is 0.209. The van der Waals surface area contributed by atoms with Gasteiger partial charge in [0.25, 0.3) is 0 Å². The first-order valence-electron chi connectivity index (χ1n) is 12.9. The molecule has 0 spiro atoms. The number of rotatable bonds is 5. The zero-order valence-corrected chi connectivity index (χ0v) is 21.1. The number of nitrogens with one attached hydrogen (secondary N) is 1. The second-order valence-corrected chi connectivity index (χ2v) is 9.50. The summed E-state index contributed by atoms with van der Waals surface area (Å²) in [6.07, 6.45) is 7.88. The fourth-order valence-electron chi connectivity index (χ4n) is 5.69. The van der Waals surface area contributed by atoms with Gasteiger partial charge in [-0.2, -0.15) is 0 Å². The zero-order valence-electron chi connectivity index (χ0n) is 21.1. The third kappa shape index (κ3) is 3.40. The molecule has 7 aromatic rings. The van der Waals surface area contributed by atoms with Gasteiger partial charge in [0.15, 0.2) is 0 Å². The molecule has 0 aliphatic rings. The van der Waals surface area contributed by atoms with E-state index in [1.54, 1.807) is 6.08 Å². The smallest absolute Gasteiger partial charge is 0.321 e. The largest absolute Gasteiger partial charge is 0.380 e. The summed E-state index contributed by atoms with van der Waals surface area (Å²) in [5.41, 5.74) is 8.37. The van der Waals surface area contributed by atoms with Gasteiger partial charge >= 0.3 is 7.41 Å². The Hall–Kier alpha value is -4.90. The van der Waals surface area contributed by atoms with Crippen molar-refractivity contribution in [1.29, 1.82) is 0 Å². The van der Waals surface area contributed by atoms with Crippen LogP contribution in [0.5, 0.6) is 0 Å². The molecule has 0 saturated heterocycles. The summed E-state index contributed by atoms with van der Waals surface area (Å²) in [5, 5.41) is 6.05. The molecular formula is C33H25BN4. The minimum Gasteiger partial charge on any atom is -0.380 e. The Balaban J connectivity index is 1.49. The van der Waals surface area contributed by atoms with Gasteiger partial charge in [-0.1, -0.05) is 85.5 Å². The summed E-state index contributed by atoms with van der Waals surface area (Å²) in [6, 6.07) is 29.8. The van der Waals surface area contributed by atoms with E-state index < -0.39 is 0 Å². The standard InChI is InChI=1S/C33H25BN4/c1-3-5-12-21(4-2)32-23-14-7-10-17-26(23)36-33(37-32)34-38-28-18-11-8-15-24(28)31-29(38)20-19-27-30(31)22-13-6-9-16-25(22)35-27/h3-20,34-35H,1H2,2H3/b12-5-,21-4+. The van der Waals surface area contributed by atoms with Crippen LogP contribution in [0.15, 0.2) is 116 Å². The normalized spacial score (nSPS) is 12.5. The first-order valence-corrected chi connectivity index (χ1v) is 12.9. The molecule has 3 heterocycles.